The molecule has 2 N–H and O–H groups in total. The summed E-state index contributed by atoms with van der Waals surface area (Å²) in [6, 6.07) is 10.4. The second kappa shape index (κ2) is 8.87. The lowest BCUT2D eigenvalue weighted by atomic mass is 9.89. The first-order valence-corrected chi connectivity index (χ1v) is 11.1. The van der Waals surface area contributed by atoms with Crippen LogP contribution in [0.15, 0.2) is 34.9 Å². The Kier molecular flexibility index (Phi) is 6.15. The molecule has 0 bridgehead atoms. The Morgan fingerprint density at radius 3 is 2.66 bits per heavy atom. The number of halogens is 1. The number of hydrogen-bond acceptors (Lipinski definition) is 4. The predicted octanol–water partition coefficient (Wildman–Crippen LogP) is 5.18. The number of rotatable bonds is 6. The Balaban J connectivity index is 1.84. The minimum absolute atomic E-state index is 0.140. The fourth-order valence-electron chi connectivity index (χ4n) is 4.72. The third-order valence-electron chi connectivity index (χ3n) is 6.39. The molecule has 1 aromatic heterocycles. The second-order valence-corrected chi connectivity index (χ2v) is 8.98. The van der Waals surface area contributed by atoms with Gasteiger partial charge in [-0.05, 0) is 65.6 Å². The first-order valence-electron chi connectivity index (χ1n) is 11.1. The summed E-state index contributed by atoms with van der Waals surface area (Å²) in [6.45, 7) is 10.1. The van der Waals surface area contributed by atoms with Crippen molar-refractivity contribution < 1.29 is 13.7 Å². The molecule has 0 radical (unpaired) electrons. The van der Waals surface area contributed by atoms with E-state index < -0.39 is 5.91 Å². The first kappa shape index (κ1) is 22.2. The van der Waals surface area contributed by atoms with Crippen LogP contribution >= 0.6 is 0 Å². The van der Waals surface area contributed by atoms with E-state index in [1.54, 1.807) is 0 Å². The minimum Gasteiger partial charge on any atom is -0.364 e. The number of nitrogens with zero attached hydrogens (tertiary/aromatic N) is 2. The van der Waals surface area contributed by atoms with E-state index in [1.165, 1.54) is 22.3 Å². The third kappa shape index (κ3) is 4.07. The fourth-order valence-corrected chi connectivity index (χ4v) is 4.72. The summed E-state index contributed by atoms with van der Waals surface area (Å²) in [6.07, 6.45) is 0.830. The lowest BCUT2D eigenvalue weighted by molar-refractivity contribution is 0.0992. The summed E-state index contributed by atoms with van der Waals surface area (Å²) < 4.78 is 18.5. The van der Waals surface area contributed by atoms with Gasteiger partial charge in [0.05, 0.1) is 5.56 Å². The molecule has 0 saturated carbocycles. The van der Waals surface area contributed by atoms with Gasteiger partial charge in [0.25, 0.3) is 5.91 Å². The van der Waals surface area contributed by atoms with Crippen LogP contribution in [-0.2, 0) is 13.0 Å². The van der Waals surface area contributed by atoms with Crippen LogP contribution in [0.5, 0.6) is 0 Å². The number of aromatic nitrogens is 1. The maximum atomic E-state index is 12.8. The van der Waals surface area contributed by atoms with E-state index in [9.17, 15) is 9.18 Å². The Labute approximate surface area is 188 Å². The number of alkyl halides is 1. The van der Waals surface area contributed by atoms with E-state index in [0.717, 1.165) is 36.2 Å². The number of benzene rings is 2. The minimum atomic E-state index is -0.615. The van der Waals surface area contributed by atoms with Crippen molar-refractivity contribution in [1.82, 2.24) is 10.1 Å². The molecular weight excluding hydrogens is 405 g/mol. The molecule has 5 nitrogen and oxygen atoms in total. The number of hydrogen-bond donors (Lipinski definition) is 1. The highest BCUT2D eigenvalue weighted by molar-refractivity contribution is 6.01. The van der Waals surface area contributed by atoms with Gasteiger partial charge in [0.1, 0.15) is 6.67 Å². The highest BCUT2D eigenvalue weighted by atomic mass is 19.1. The number of carbonyl (C=O) groups excluding carboxylic acids is 1. The molecule has 2 heterocycles. The maximum Gasteiger partial charge on any atom is 0.271 e. The van der Waals surface area contributed by atoms with Crippen LogP contribution in [0.2, 0.25) is 0 Å². The van der Waals surface area contributed by atoms with Gasteiger partial charge in [-0.3, -0.25) is 9.69 Å². The summed E-state index contributed by atoms with van der Waals surface area (Å²) in [5, 5.41) is 4.06. The molecule has 1 aliphatic heterocycles. The number of nitrogens with two attached hydrogens (primary N) is 1. The molecule has 6 heteroatoms. The number of aryl methyl sites for hydroxylation is 2. The summed E-state index contributed by atoms with van der Waals surface area (Å²) in [7, 11) is 0. The monoisotopic (exact) mass is 435 g/mol. The molecule has 3 aromatic rings. The first-order chi connectivity index (χ1) is 15.3. The van der Waals surface area contributed by atoms with Gasteiger partial charge in [0, 0.05) is 25.2 Å². The second-order valence-electron chi connectivity index (χ2n) is 8.98. The molecule has 0 atom stereocenters. The van der Waals surface area contributed by atoms with Crippen LogP contribution < -0.4 is 5.73 Å². The summed E-state index contributed by atoms with van der Waals surface area (Å²) in [4.78, 5) is 14.3. The van der Waals surface area contributed by atoms with E-state index in [-0.39, 0.29) is 12.4 Å². The van der Waals surface area contributed by atoms with Crippen molar-refractivity contribution >= 4 is 5.91 Å². The van der Waals surface area contributed by atoms with Crippen LogP contribution in [0.3, 0.4) is 0 Å². The van der Waals surface area contributed by atoms with Crippen LogP contribution in [-0.4, -0.2) is 35.7 Å². The van der Waals surface area contributed by atoms with Crippen LogP contribution in [0.4, 0.5) is 4.39 Å². The number of primary amides is 1. The lowest BCUT2D eigenvalue weighted by Gasteiger charge is -2.28. The molecule has 0 saturated heterocycles. The molecule has 0 fully saturated rings. The maximum absolute atomic E-state index is 12.8. The molecule has 0 unspecified atom stereocenters. The third-order valence-corrected chi connectivity index (χ3v) is 6.39. The van der Waals surface area contributed by atoms with Crippen molar-refractivity contribution in [3.63, 3.8) is 0 Å². The van der Waals surface area contributed by atoms with Crippen molar-refractivity contribution in [2.24, 2.45) is 5.73 Å². The largest absolute Gasteiger partial charge is 0.364 e. The van der Waals surface area contributed by atoms with Gasteiger partial charge in [-0.1, -0.05) is 43.3 Å². The smallest absolute Gasteiger partial charge is 0.271 e. The molecule has 0 spiro atoms. The van der Waals surface area contributed by atoms with E-state index in [2.05, 4.69) is 55.1 Å². The van der Waals surface area contributed by atoms with Crippen molar-refractivity contribution in [3.05, 3.63) is 63.8 Å². The predicted molar refractivity (Wildman–Crippen MR) is 124 cm³/mol. The average molecular weight is 436 g/mol. The van der Waals surface area contributed by atoms with Crippen LogP contribution in [0.1, 0.15) is 58.1 Å². The quantitative estimate of drug-likeness (QED) is 0.579. The highest BCUT2D eigenvalue weighted by Gasteiger charge is 2.26. The highest BCUT2D eigenvalue weighted by Crippen LogP contribution is 2.39. The van der Waals surface area contributed by atoms with Crippen molar-refractivity contribution in [3.8, 4) is 22.5 Å². The number of fused-ring (bicyclic) bond motifs is 1. The van der Waals surface area contributed by atoms with Crippen molar-refractivity contribution in [2.75, 3.05) is 19.8 Å². The van der Waals surface area contributed by atoms with Gasteiger partial charge in [-0.15, -0.1) is 0 Å². The van der Waals surface area contributed by atoms with Crippen molar-refractivity contribution in [2.45, 2.75) is 46.6 Å². The summed E-state index contributed by atoms with van der Waals surface area (Å²) >= 11 is 0. The Bertz CT molecular complexity index is 1170. The molecule has 1 amide bonds. The summed E-state index contributed by atoms with van der Waals surface area (Å²) in [5.41, 5.74) is 14.1. The van der Waals surface area contributed by atoms with Gasteiger partial charge in [0.15, 0.2) is 11.5 Å². The lowest BCUT2D eigenvalue weighted by Crippen LogP contribution is -2.32. The SMILES string of the molecule is Cc1cc(C)c(C(C)C)cc1-c1onc(C(N)=O)c1-c1ccc2c(c1)CCN(CCF)C2. The van der Waals surface area contributed by atoms with E-state index in [4.69, 9.17) is 10.3 Å². The standard InChI is InChI=1S/C26H30FN3O2/c1-15(2)21-13-22(17(4)11-16(21)3)25-23(24(26(28)31)29-32-25)19-5-6-20-14-30(10-8-27)9-7-18(20)12-19/h5-6,11-13,15H,7-10,14H2,1-4H3,(H2,28,31). The van der Waals surface area contributed by atoms with Gasteiger partial charge < -0.3 is 10.3 Å². The Morgan fingerprint density at radius 2 is 1.97 bits per heavy atom. The molecule has 168 valence electrons. The Morgan fingerprint density at radius 1 is 1.19 bits per heavy atom. The molecule has 4 rings (SSSR count). The molecule has 0 aliphatic carbocycles. The van der Waals surface area contributed by atoms with E-state index in [1.807, 2.05) is 13.0 Å². The van der Waals surface area contributed by atoms with Crippen molar-refractivity contribution in [1.29, 1.82) is 0 Å². The van der Waals surface area contributed by atoms with Gasteiger partial charge in [-0.2, -0.15) is 0 Å². The fraction of sp³-hybridized carbons (Fsp3) is 0.385. The molecule has 2 aromatic carbocycles. The normalized spacial score (nSPS) is 14.1. The summed E-state index contributed by atoms with van der Waals surface area (Å²) in [5.74, 6) is 0.302. The van der Waals surface area contributed by atoms with Gasteiger partial charge in [0.2, 0.25) is 0 Å². The topological polar surface area (TPSA) is 72.4 Å². The number of amides is 1. The zero-order valence-corrected chi connectivity index (χ0v) is 19.2. The average Bonchev–Trinajstić information content (AvgIpc) is 3.18. The van der Waals surface area contributed by atoms with E-state index in [0.29, 0.717) is 23.8 Å². The van der Waals surface area contributed by atoms with Crippen LogP contribution in [0, 0.1) is 13.8 Å². The number of carbonyl (C=O) groups is 1. The molecule has 1 aliphatic rings. The van der Waals surface area contributed by atoms with Gasteiger partial charge in [-0.25, -0.2) is 4.39 Å². The van der Waals surface area contributed by atoms with Crippen LogP contribution in [0.25, 0.3) is 22.5 Å². The zero-order valence-electron chi connectivity index (χ0n) is 19.2. The molecule has 32 heavy (non-hydrogen) atoms. The Hall–Kier alpha value is -2.99. The zero-order chi connectivity index (χ0) is 23.0. The molecular formula is C26H30FN3O2. The van der Waals surface area contributed by atoms with E-state index >= 15 is 0 Å². The van der Waals surface area contributed by atoms with Gasteiger partial charge >= 0.3 is 0 Å².